The number of aromatic amines is 1. The molecule has 8 heteroatoms. The van der Waals surface area contributed by atoms with Crippen molar-refractivity contribution < 1.29 is 9.47 Å². The predicted molar refractivity (Wildman–Crippen MR) is 102 cm³/mol. The standard InChI is InChI=1S/C19H19N5O3/c1-13-3-5-14(6-4-13)12-27-16-8-7-15(9-17(16)26-2)10-20-23-19-22-18(25)11-21-24-19/h3-11H,12H2,1-2H3,(H2,22,23,24,25)/b20-10+. The zero-order valence-corrected chi connectivity index (χ0v) is 15.0. The van der Waals surface area contributed by atoms with Gasteiger partial charge in [0.05, 0.1) is 13.3 Å². The van der Waals surface area contributed by atoms with E-state index < -0.39 is 0 Å². The quantitative estimate of drug-likeness (QED) is 0.493. The highest BCUT2D eigenvalue weighted by Gasteiger charge is 2.06. The highest BCUT2D eigenvalue weighted by atomic mass is 16.5. The van der Waals surface area contributed by atoms with Gasteiger partial charge in [-0.3, -0.25) is 9.78 Å². The Morgan fingerprint density at radius 2 is 2.00 bits per heavy atom. The SMILES string of the molecule is COc1cc(/C=N/Nc2nncc(=O)[nH]2)ccc1OCc1ccc(C)cc1. The van der Waals surface area contributed by atoms with Crippen molar-refractivity contribution in [3.8, 4) is 11.5 Å². The molecule has 8 nitrogen and oxygen atoms in total. The molecule has 2 aromatic carbocycles. The van der Waals surface area contributed by atoms with Crippen molar-refractivity contribution in [1.82, 2.24) is 15.2 Å². The molecule has 0 saturated heterocycles. The minimum Gasteiger partial charge on any atom is -0.493 e. The first-order valence-electron chi connectivity index (χ1n) is 8.21. The molecule has 0 saturated carbocycles. The first-order chi connectivity index (χ1) is 13.1. The third-order valence-electron chi connectivity index (χ3n) is 3.66. The number of hydrogen-bond acceptors (Lipinski definition) is 7. The number of aryl methyl sites for hydroxylation is 1. The number of rotatable bonds is 7. The van der Waals surface area contributed by atoms with Crippen LogP contribution >= 0.6 is 0 Å². The normalized spacial score (nSPS) is 10.7. The van der Waals surface area contributed by atoms with Gasteiger partial charge in [-0.1, -0.05) is 29.8 Å². The smallest absolute Gasteiger partial charge is 0.271 e. The van der Waals surface area contributed by atoms with Gasteiger partial charge < -0.3 is 9.47 Å². The molecule has 0 amide bonds. The van der Waals surface area contributed by atoms with Crippen molar-refractivity contribution in [3.05, 3.63) is 75.7 Å². The van der Waals surface area contributed by atoms with Crippen molar-refractivity contribution in [1.29, 1.82) is 0 Å². The van der Waals surface area contributed by atoms with Crippen LogP contribution in [0.25, 0.3) is 0 Å². The molecule has 0 unspecified atom stereocenters. The summed E-state index contributed by atoms with van der Waals surface area (Å²) in [5.74, 6) is 1.39. The van der Waals surface area contributed by atoms with Crippen LogP contribution in [0.4, 0.5) is 5.95 Å². The number of H-pyrrole nitrogens is 1. The first-order valence-corrected chi connectivity index (χ1v) is 8.21. The van der Waals surface area contributed by atoms with E-state index in [0.29, 0.717) is 18.1 Å². The average molecular weight is 365 g/mol. The van der Waals surface area contributed by atoms with Crippen molar-refractivity contribution in [2.24, 2.45) is 5.10 Å². The van der Waals surface area contributed by atoms with Crippen LogP contribution in [-0.4, -0.2) is 28.5 Å². The topological polar surface area (TPSA) is 101 Å². The summed E-state index contributed by atoms with van der Waals surface area (Å²) in [6.07, 6.45) is 2.65. The third kappa shape index (κ3) is 5.15. The summed E-state index contributed by atoms with van der Waals surface area (Å²) >= 11 is 0. The average Bonchev–Trinajstić information content (AvgIpc) is 2.68. The molecule has 27 heavy (non-hydrogen) atoms. The Morgan fingerprint density at radius 3 is 2.74 bits per heavy atom. The Hall–Kier alpha value is -3.68. The van der Waals surface area contributed by atoms with Gasteiger partial charge in [0.25, 0.3) is 5.56 Å². The van der Waals surface area contributed by atoms with E-state index in [1.54, 1.807) is 19.4 Å². The van der Waals surface area contributed by atoms with Gasteiger partial charge in [0.2, 0.25) is 5.95 Å². The number of anilines is 1. The van der Waals surface area contributed by atoms with Crippen LogP contribution in [0.3, 0.4) is 0 Å². The van der Waals surface area contributed by atoms with Crippen LogP contribution < -0.4 is 20.5 Å². The monoisotopic (exact) mass is 365 g/mol. The molecule has 2 N–H and O–H groups in total. The van der Waals surface area contributed by atoms with Gasteiger partial charge in [0.1, 0.15) is 12.8 Å². The van der Waals surface area contributed by atoms with E-state index in [-0.39, 0.29) is 11.5 Å². The van der Waals surface area contributed by atoms with Crippen molar-refractivity contribution in [3.63, 3.8) is 0 Å². The van der Waals surface area contributed by atoms with Crippen molar-refractivity contribution in [2.75, 3.05) is 12.5 Å². The number of methoxy groups -OCH3 is 1. The first kappa shape index (κ1) is 18.1. The molecule has 0 radical (unpaired) electrons. The summed E-state index contributed by atoms with van der Waals surface area (Å²) in [7, 11) is 1.58. The minimum atomic E-state index is -0.362. The second-order valence-corrected chi connectivity index (χ2v) is 5.74. The van der Waals surface area contributed by atoms with Crippen LogP contribution in [0, 0.1) is 6.92 Å². The molecular formula is C19H19N5O3. The maximum absolute atomic E-state index is 11.1. The van der Waals surface area contributed by atoms with E-state index >= 15 is 0 Å². The Balaban J connectivity index is 1.65. The zero-order valence-electron chi connectivity index (χ0n) is 15.0. The Labute approximate surface area is 155 Å². The van der Waals surface area contributed by atoms with Gasteiger partial charge in [-0.05, 0) is 36.2 Å². The molecular weight excluding hydrogens is 346 g/mol. The van der Waals surface area contributed by atoms with Gasteiger partial charge in [-0.15, -0.1) is 10.2 Å². The summed E-state index contributed by atoms with van der Waals surface area (Å²) in [4.78, 5) is 13.6. The fourth-order valence-corrected chi connectivity index (χ4v) is 2.26. The number of nitrogens with zero attached hydrogens (tertiary/aromatic N) is 3. The Bertz CT molecular complexity index is 983. The van der Waals surface area contributed by atoms with Crippen LogP contribution in [-0.2, 0) is 6.61 Å². The van der Waals surface area contributed by atoms with E-state index in [1.807, 2.05) is 43.3 Å². The van der Waals surface area contributed by atoms with E-state index in [1.165, 1.54) is 5.56 Å². The minimum absolute atomic E-state index is 0.156. The fourth-order valence-electron chi connectivity index (χ4n) is 2.26. The fraction of sp³-hybridized carbons (Fsp3) is 0.158. The lowest BCUT2D eigenvalue weighted by molar-refractivity contribution is 0.284. The second kappa shape index (κ2) is 8.61. The van der Waals surface area contributed by atoms with Crippen molar-refractivity contribution in [2.45, 2.75) is 13.5 Å². The summed E-state index contributed by atoms with van der Waals surface area (Å²) in [6, 6.07) is 13.6. The molecule has 3 aromatic rings. The van der Waals surface area contributed by atoms with Crippen LogP contribution in [0.2, 0.25) is 0 Å². The van der Waals surface area contributed by atoms with Gasteiger partial charge in [-0.25, -0.2) is 5.43 Å². The second-order valence-electron chi connectivity index (χ2n) is 5.74. The molecule has 0 aliphatic rings. The lowest BCUT2D eigenvalue weighted by Crippen LogP contribution is -2.10. The Morgan fingerprint density at radius 1 is 1.19 bits per heavy atom. The number of ether oxygens (including phenoxy) is 2. The molecule has 1 heterocycles. The van der Waals surface area contributed by atoms with Crippen molar-refractivity contribution >= 4 is 12.2 Å². The largest absolute Gasteiger partial charge is 0.493 e. The maximum Gasteiger partial charge on any atom is 0.271 e. The van der Waals surface area contributed by atoms with Crippen LogP contribution in [0.15, 0.2) is 58.6 Å². The number of nitrogens with one attached hydrogen (secondary N) is 2. The molecule has 3 rings (SSSR count). The highest BCUT2D eigenvalue weighted by Crippen LogP contribution is 2.28. The lowest BCUT2D eigenvalue weighted by atomic mass is 10.2. The number of aromatic nitrogens is 3. The number of hydrazone groups is 1. The highest BCUT2D eigenvalue weighted by molar-refractivity contribution is 5.81. The van der Waals surface area contributed by atoms with Crippen LogP contribution in [0.1, 0.15) is 16.7 Å². The Kier molecular flexibility index (Phi) is 5.78. The van der Waals surface area contributed by atoms with E-state index in [9.17, 15) is 4.79 Å². The molecule has 138 valence electrons. The predicted octanol–water partition coefficient (Wildman–Crippen LogP) is 2.51. The zero-order chi connectivity index (χ0) is 19.1. The number of hydrogen-bond donors (Lipinski definition) is 2. The molecule has 0 atom stereocenters. The molecule has 0 aliphatic carbocycles. The maximum atomic E-state index is 11.1. The molecule has 0 bridgehead atoms. The molecule has 0 fully saturated rings. The lowest BCUT2D eigenvalue weighted by Gasteiger charge is -2.11. The van der Waals surface area contributed by atoms with Gasteiger partial charge in [0.15, 0.2) is 11.5 Å². The summed E-state index contributed by atoms with van der Waals surface area (Å²) in [5, 5.41) is 11.3. The number of benzene rings is 2. The molecule has 0 aliphatic heterocycles. The van der Waals surface area contributed by atoms with Gasteiger partial charge in [0, 0.05) is 0 Å². The summed E-state index contributed by atoms with van der Waals surface area (Å²) < 4.78 is 11.2. The summed E-state index contributed by atoms with van der Waals surface area (Å²) in [6.45, 7) is 2.50. The van der Waals surface area contributed by atoms with Gasteiger partial charge >= 0.3 is 0 Å². The summed E-state index contributed by atoms with van der Waals surface area (Å²) in [5.41, 5.74) is 5.32. The van der Waals surface area contributed by atoms with Gasteiger partial charge in [-0.2, -0.15) is 5.10 Å². The van der Waals surface area contributed by atoms with E-state index in [4.69, 9.17) is 9.47 Å². The molecule has 1 aromatic heterocycles. The van der Waals surface area contributed by atoms with Crippen LogP contribution in [0.5, 0.6) is 11.5 Å². The van der Waals surface area contributed by atoms with E-state index in [0.717, 1.165) is 17.3 Å². The third-order valence-corrected chi connectivity index (χ3v) is 3.66. The van der Waals surface area contributed by atoms with E-state index in [2.05, 4.69) is 25.7 Å². The molecule has 0 spiro atoms.